The van der Waals surface area contributed by atoms with Crippen LogP contribution in [0.3, 0.4) is 0 Å². The quantitative estimate of drug-likeness (QED) is 0.612. The number of ether oxygens (including phenoxy) is 1. The topological polar surface area (TPSA) is 76.8 Å². The molecule has 0 saturated heterocycles. The van der Waals surface area contributed by atoms with Gasteiger partial charge >= 0.3 is 5.97 Å². The molecule has 0 spiro atoms. The zero-order valence-corrected chi connectivity index (χ0v) is 15.8. The van der Waals surface area contributed by atoms with Gasteiger partial charge in [-0.1, -0.05) is 42.5 Å². The number of rotatable bonds is 6. The Balaban J connectivity index is 1.95. The van der Waals surface area contributed by atoms with Crippen molar-refractivity contribution in [3.8, 4) is 0 Å². The van der Waals surface area contributed by atoms with Gasteiger partial charge in [0.1, 0.15) is 5.58 Å². The number of carbonyl (C=O) groups is 2. The fraction of sp³-hybridized carbons (Fsp3) is 0.227. The van der Waals surface area contributed by atoms with Crippen LogP contribution in [-0.4, -0.2) is 29.9 Å². The highest BCUT2D eigenvalue weighted by Gasteiger charge is 2.29. The first-order valence-electron chi connectivity index (χ1n) is 9.12. The third-order valence-electron chi connectivity index (χ3n) is 4.46. The Hall–Kier alpha value is -3.41. The lowest BCUT2D eigenvalue weighted by molar-refractivity contribution is -0.140. The summed E-state index contributed by atoms with van der Waals surface area (Å²) >= 11 is 0. The van der Waals surface area contributed by atoms with Gasteiger partial charge in [0.05, 0.1) is 5.39 Å². The van der Waals surface area contributed by atoms with Crippen molar-refractivity contribution in [3.05, 3.63) is 82.2 Å². The summed E-state index contributed by atoms with van der Waals surface area (Å²) in [6.45, 7) is 4.68. The lowest BCUT2D eigenvalue weighted by Gasteiger charge is -2.25. The molecule has 0 aliphatic rings. The van der Waals surface area contributed by atoms with Crippen LogP contribution in [0, 0.1) is 0 Å². The first-order chi connectivity index (χ1) is 13.5. The van der Waals surface area contributed by atoms with E-state index in [1.165, 1.54) is 0 Å². The molecule has 2 aromatic carbocycles. The first-order valence-corrected chi connectivity index (χ1v) is 9.12. The molecular formula is C22H21NO5. The number of carbonyl (C=O) groups excluding carboxylic acids is 2. The molecule has 1 aromatic heterocycles. The molecule has 1 heterocycles. The summed E-state index contributed by atoms with van der Waals surface area (Å²) in [5, 5.41) is 0.373. The van der Waals surface area contributed by atoms with Crippen LogP contribution in [0.25, 0.3) is 11.0 Å². The van der Waals surface area contributed by atoms with Gasteiger partial charge in [-0.2, -0.15) is 0 Å². The molecule has 0 saturated carbocycles. The van der Waals surface area contributed by atoms with Gasteiger partial charge in [-0.25, -0.2) is 4.79 Å². The Labute approximate surface area is 162 Å². The van der Waals surface area contributed by atoms with Gasteiger partial charge in [0.2, 0.25) is 11.9 Å². The van der Waals surface area contributed by atoms with Crippen LogP contribution in [0.4, 0.5) is 0 Å². The second-order valence-corrected chi connectivity index (χ2v) is 6.18. The highest BCUT2D eigenvalue weighted by atomic mass is 16.6. The predicted molar refractivity (Wildman–Crippen MR) is 105 cm³/mol. The first kappa shape index (κ1) is 19.4. The monoisotopic (exact) mass is 379 g/mol. The summed E-state index contributed by atoms with van der Waals surface area (Å²) in [6, 6.07) is 16.5. The molecule has 6 heteroatoms. The summed E-state index contributed by atoms with van der Waals surface area (Å²) in [4.78, 5) is 39.4. The molecular weight excluding hydrogens is 358 g/mol. The zero-order chi connectivity index (χ0) is 20.1. The van der Waals surface area contributed by atoms with Crippen molar-refractivity contribution in [1.29, 1.82) is 0 Å². The Morgan fingerprint density at radius 3 is 2.32 bits per heavy atom. The van der Waals surface area contributed by atoms with Gasteiger partial charge in [-0.15, -0.1) is 0 Å². The Bertz CT molecular complexity index is 1040. The normalized spacial score (nSPS) is 11.8. The number of nitrogens with zero attached hydrogens (tertiary/aromatic N) is 1. The molecule has 3 aromatic rings. The standard InChI is InChI=1S/C22H21NO5/c1-3-23(4-2)21(25)20(15-10-6-5-7-11-15)28-22(26)19-14-17(24)16-12-8-9-13-18(16)27-19/h5-14,20H,3-4H2,1-2H3/t20-/m0/s1. The summed E-state index contributed by atoms with van der Waals surface area (Å²) < 4.78 is 11.0. The maximum Gasteiger partial charge on any atom is 0.375 e. The van der Waals surface area contributed by atoms with E-state index in [4.69, 9.17) is 9.15 Å². The average molecular weight is 379 g/mol. The molecule has 1 atom stereocenters. The van der Waals surface area contributed by atoms with E-state index in [0.717, 1.165) is 6.07 Å². The fourth-order valence-corrected chi connectivity index (χ4v) is 2.96. The Morgan fingerprint density at radius 2 is 1.64 bits per heavy atom. The molecule has 6 nitrogen and oxygen atoms in total. The Morgan fingerprint density at radius 1 is 1.00 bits per heavy atom. The number of esters is 1. The maximum atomic E-state index is 12.9. The van der Waals surface area contributed by atoms with Crippen LogP contribution >= 0.6 is 0 Å². The van der Waals surface area contributed by atoms with Gasteiger partial charge in [0, 0.05) is 24.7 Å². The molecule has 0 bridgehead atoms. The summed E-state index contributed by atoms with van der Waals surface area (Å²) in [5.41, 5.74) is 0.490. The van der Waals surface area contributed by atoms with Gasteiger partial charge in [0.25, 0.3) is 5.91 Å². The van der Waals surface area contributed by atoms with Crippen molar-refractivity contribution in [2.45, 2.75) is 20.0 Å². The summed E-state index contributed by atoms with van der Waals surface area (Å²) in [5.74, 6) is -1.43. The van der Waals surface area contributed by atoms with Crippen LogP contribution in [0.1, 0.15) is 36.1 Å². The zero-order valence-electron chi connectivity index (χ0n) is 15.8. The minimum Gasteiger partial charge on any atom is -0.449 e. The number of amides is 1. The van der Waals surface area contributed by atoms with Crippen LogP contribution in [-0.2, 0) is 9.53 Å². The minimum absolute atomic E-state index is 0.239. The van der Waals surface area contributed by atoms with Crippen molar-refractivity contribution < 1.29 is 18.7 Å². The Kier molecular flexibility index (Phi) is 5.89. The van der Waals surface area contributed by atoms with E-state index in [-0.39, 0.29) is 22.7 Å². The van der Waals surface area contributed by atoms with Crippen molar-refractivity contribution in [2.75, 3.05) is 13.1 Å². The number of hydrogen-bond acceptors (Lipinski definition) is 5. The molecule has 28 heavy (non-hydrogen) atoms. The van der Waals surface area contributed by atoms with Crippen molar-refractivity contribution in [2.24, 2.45) is 0 Å². The van der Waals surface area contributed by atoms with Crippen molar-refractivity contribution >= 4 is 22.8 Å². The van der Waals surface area contributed by atoms with Crippen molar-refractivity contribution in [3.63, 3.8) is 0 Å². The molecule has 3 rings (SSSR count). The summed E-state index contributed by atoms with van der Waals surface area (Å²) in [6.07, 6.45) is -1.12. The van der Waals surface area contributed by atoms with Gasteiger partial charge < -0.3 is 14.1 Å². The smallest absolute Gasteiger partial charge is 0.375 e. The van der Waals surface area contributed by atoms with E-state index in [1.54, 1.807) is 53.4 Å². The number of para-hydroxylation sites is 1. The van der Waals surface area contributed by atoms with Crippen molar-refractivity contribution in [1.82, 2.24) is 4.90 Å². The molecule has 0 radical (unpaired) electrons. The average Bonchev–Trinajstić information content (AvgIpc) is 2.73. The highest BCUT2D eigenvalue weighted by Crippen LogP contribution is 2.22. The molecule has 144 valence electrons. The molecule has 0 aliphatic heterocycles. The number of likely N-dealkylation sites (N-methyl/N-ethyl adjacent to an activating group) is 1. The largest absolute Gasteiger partial charge is 0.449 e. The third-order valence-corrected chi connectivity index (χ3v) is 4.46. The number of fused-ring (bicyclic) bond motifs is 1. The minimum atomic E-state index is -1.12. The molecule has 1 amide bonds. The lowest BCUT2D eigenvalue weighted by atomic mass is 10.1. The van der Waals surface area contributed by atoms with E-state index in [2.05, 4.69) is 0 Å². The van der Waals surface area contributed by atoms with E-state index >= 15 is 0 Å². The van der Waals surface area contributed by atoms with E-state index in [1.807, 2.05) is 19.9 Å². The van der Waals surface area contributed by atoms with Gasteiger partial charge in [-0.3, -0.25) is 9.59 Å². The van der Waals surface area contributed by atoms with Crippen LogP contribution in [0.5, 0.6) is 0 Å². The fourth-order valence-electron chi connectivity index (χ4n) is 2.96. The molecule has 0 fully saturated rings. The second-order valence-electron chi connectivity index (χ2n) is 6.18. The number of hydrogen-bond donors (Lipinski definition) is 0. The maximum absolute atomic E-state index is 12.9. The van der Waals surface area contributed by atoms with Crippen LogP contribution < -0.4 is 5.43 Å². The van der Waals surface area contributed by atoms with Crippen LogP contribution in [0.15, 0.2) is 69.9 Å². The van der Waals surface area contributed by atoms with E-state index < -0.39 is 12.1 Å². The SMILES string of the molecule is CCN(CC)C(=O)[C@@H](OC(=O)c1cc(=O)c2ccccc2o1)c1ccccc1. The van der Waals surface area contributed by atoms with Crippen LogP contribution in [0.2, 0.25) is 0 Å². The molecule has 0 N–H and O–H groups in total. The van der Waals surface area contributed by atoms with E-state index in [0.29, 0.717) is 24.0 Å². The lowest BCUT2D eigenvalue weighted by Crippen LogP contribution is -2.36. The summed E-state index contributed by atoms with van der Waals surface area (Å²) in [7, 11) is 0. The molecule has 0 unspecified atom stereocenters. The number of benzene rings is 2. The van der Waals surface area contributed by atoms with Gasteiger partial charge in [-0.05, 0) is 26.0 Å². The second kappa shape index (κ2) is 8.52. The highest BCUT2D eigenvalue weighted by molar-refractivity contribution is 5.92. The van der Waals surface area contributed by atoms with Gasteiger partial charge in [0.15, 0.2) is 5.43 Å². The predicted octanol–water partition coefficient (Wildman–Crippen LogP) is 3.56. The van der Waals surface area contributed by atoms with E-state index in [9.17, 15) is 14.4 Å². The third kappa shape index (κ3) is 3.96. The molecule has 0 aliphatic carbocycles.